The second-order valence-corrected chi connectivity index (χ2v) is 5.60. The van der Waals surface area contributed by atoms with E-state index in [1.54, 1.807) is 5.38 Å². The molecule has 1 N–H and O–H groups in total. The maximum atomic E-state index is 13.8. The van der Waals surface area contributed by atoms with Gasteiger partial charge in [-0.15, -0.1) is 11.3 Å². The molecule has 0 spiro atoms. The van der Waals surface area contributed by atoms with Gasteiger partial charge in [-0.25, -0.2) is 33.7 Å². The van der Waals surface area contributed by atoms with E-state index >= 15 is 0 Å². The third kappa shape index (κ3) is 2.65. The van der Waals surface area contributed by atoms with Crippen LogP contribution in [0.15, 0.2) is 42.3 Å². The number of anilines is 2. The van der Waals surface area contributed by atoms with E-state index in [0.717, 1.165) is 18.2 Å². The molecular formula is C15H8F2N6S. The summed E-state index contributed by atoms with van der Waals surface area (Å²) in [5, 5.41) is 5.11. The average Bonchev–Trinajstić information content (AvgIpc) is 3.06. The standard InChI is InChI=1S/C15H8F2N6S/c16-8-1-2-10(17)9(5-8)11-6-24-15(22-11)23-14-12-13(20-7-21-14)19-4-3-18-12/h1-7H,(H,19,20,21,22,23). The zero-order valence-corrected chi connectivity index (χ0v) is 12.8. The number of nitrogens with zero attached hydrogens (tertiary/aromatic N) is 5. The predicted molar refractivity (Wildman–Crippen MR) is 85.9 cm³/mol. The molecule has 3 heterocycles. The summed E-state index contributed by atoms with van der Waals surface area (Å²) in [6, 6.07) is 3.25. The molecule has 0 amide bonds. The predicted octanol–water partition coefficient (Wildman–Crippen LogP) is 3.57. The van der Waals surface area contributed by atoms with Gasteiger partial charge in [0.05, 0.1) is 5.69 Å². The Morgan fingerprint density at radius 3 is 2.79 bits per heavy atom. The van der Waals surface area contributed by atoms with Gasteiger partial charge >= 0.3 is 0 Å². The first-order chi connectivity index (χ1) is 11.7. The second-order valence-electron chi connectivity index (χ2n) is 4.74. The molecule has 118 valence electrons. The molecule has 0 radical (unpaired) electrons. The fraction of sp³-hybridized carbons (Fsp3) is 0. The smallest absolute Gasteiger partial charge is 0.188 e. The van der Waals surface area contributed by atoms with Crippen molar-refractivity contribution in [3.63, 3.8) is 0 Å². The number of hydrogen-bond donors (Lipinski definition) is 1. The van der Waals surface area contributed by atoms with E-state index in [1.807, 2.05) is 0 Å². The van der Waals surface area contributed by atoms with E-state index in [4.69, 9.17) is 0 Å². The molecule has 0 saturated carbocycles. The molecule has 0 atom stereocenters. The van der Waals surface area contributed by atoms with Crippen molar-refractivity contribution in [3.05, 3.63) is 53.9 Å². The summed E-state index contributed by atoms with van der Waals surface area (Å²) in [5.74, 6) is -0.619. The van der Waals surface area contributed by atoms with E-state index in [-0.39, 0.29) is 5.56 Å². The summed E-state index contributed by atoms with van der Waals surface area (Å²) in [4.78, 5) is 20.7. The molecule has 24 heavy (non-hydrogen) atoms. The van der Waals surface area contributed by atoms with Crippen molar-refractivity contribution in [2.24, 2.45) is 0 Å². The van der Waals surface area contributed by atoms with Crippen molar-refractivity contribution in [2.75, 3.05) is 5.32 Å². The van der Waals surface area contributed by atoms with Gasteiger partial charge in [0.2, 0.25) is 0 Å². The summed E-state index contributed by atoms with van der Waals surface area (Å²) in [7, 11) is 0. The lowest BCUT2D eigenvalue weighted by atomic mass is 10.1. The molecule has 4 aromatic rings. The van der Waals surface area contributed by atoms with Crippen LogP contribution in [0.5, 0.6) is 0 Å². The number of aromatic nitrogens is 5. The highest BCUT2D eigenvalue weighted by molar-refractivity contribution is 7.14. The Balaban J connectivity index is 1.69. The van der Waals surface area contributed by atoms with Gasteiger partial charge in [-0.1, -0.05) is 0 Å². The molecule has 4 rings (SSSR count). The van der Waals surface area contributed by atoms with E-state index in [9.17, 15) is 8.78 Å². The highest BCUT2D eigenvalue weighted by Crippen LogP contribution is 2.29. The Bertz CT molecular complexity index is 1030. The van der Waals surface area contributed by atoms with Crippen LogP contribution in [0.2, 0.25) is 0 Å². The number of halogens is 2. The van der Waals surface area contributed by atoms with Gasteiger partial charge in [0.15, 0.2) is 22.1 Å². The maximum Gasteiger partial charge on any atom is 0.188 e. The van der Waals surface area contributed by atoms with Crippen molar-refractivity contribution in [1.82, 2.24) is 24.9 Å². The van der Waals surface area contributed by atoms with Crippen molar-refractivity contribution < 1.29 is 8.78 Å². The van der Waals surface area contributed by atoms with Crippen LogP contribution in [0.4, 0.5) is 19.7 Å². The van der Waals surface area contributed by atoms with Gasteiger partial charge in [0, 0.05) is 23.3 Å². The number of hydrogen-bond acceptors (Lipinski definition) is 7. The SMILES string of the molecule is Fc1ccc(F)c(-c2csc(Nc3ncnc4nccnc34)n2)c1. The Hall–Kier alpha value is -3.07. The normalized spacial score (nSPS) is 10.9. The van der Waals surface area contributed by atoms with Gasteiger partial charge in [-0.3, -0.25) is 0 Å². The lowest BCUT2D eigenvalue weighted by molar-refractivity contribution is 0.603. The summed E-state index contributed by atoms with van der Waals surface area (Å²) < 4.78 is 27.2. The first-order valence-corrected chi connectivity index (χ1v) is 7.68. The van der Waals surface area contributed by atoms with Crippen molar-refractivity contribution in [1.29, 1.82) is 0 Å². The molecule has 9 heteroatoms. The first-order valence-electron chi connectivity index (χ1n) is 6.80. The number of nitrogens with one attached hydrogen (secondary N) is 1. The van der Waals surface area contributed by atoms with E-state index < -0.39 is 11.6 Å². The quantitative estimate of drug-likeness (QED) is 0.613. The van der Waals surface area contributed by atoms with Crippen LogP contribution in [-0.4, -0.2) is 24.9 Å². The summed E-state index contributed by atoms with van der Waals surface area (Å²) in [6.45, 7) is 0. The molecule has 0 saturated heterocycles. The van der Waals surface area contributed by atoms with Crippen LogP contribution in [0.25, 0.3) is 22.4 Å². The summed E-state index contributed by atoms with van der Waals surface area (Å²) in [5.41, 5.74) is 1.38. The average molecular weight is 342 g/mol. The molecule has 3 aromatic heterocycles. The first kappa shape index (κ1) is 14.5. The summed E-state index contributed by atoms with van der Waals surface area (Å²) in [6.07, 6.45) is 4.43. The topological polar surface area (TPSA) is 76.5 Å². The zero-order chi connectivity index (χ0) is 16.5. The van der Waals surface area contributed by atoms with Gasteiger partial charge in [-0.2, -0.15) is 0 Å². The van der Waals surface area contributed by atoms with Crippen LogP contribution >= 0.6 is 11.3 Å². The monoisotopic (exact) mass is 342 g/mol. The van der Waals surface area contributed by atoms with E-state index in [2.05, 4.69) is 30.2 Å². The highest BCUT2D eigenvalue weighted by Gasteiger charge is 2.12. The number of rotatable bonds is 3. The lowest BCUT2D eigenvalue weighted by Gasteiger charge is -2.03. The van der Waals surface area contributed by atoms with Crippen LogP contribution in [0, 0.1) is 11.6 Å². The molecule has 6 nitrogen and oxygen atoms in total. The maximum absolute atomic E-state index is 13.8. The van der Waals surface area contributed by atoms with Crippen molar-refractivity contribution in [2.45, 2.75) is 0 Å². The summed E-state index contributed by atoms with van der Waals surface area (Å²) >= 11 is 1.24. The van der Waals surface area contributed by atoms with Gasteiger partial charge in [0.25, 0.3) is 0 Å². The van der Waals surface area contributed by atoms with Crippen molar-refractivity contribution >= 4 is 33.5 Å². The Morgan fingerprint density at radius 1 is 1.00 bits per heavy atom. The van der Waals surface area contributed by atoms with Gasteiger partial charge in [0.1, 0.15) is 18.0 Å². The molecular weight excluding hydrogens is 334 g/mol. The van der Waals surface area contributed by atoms with Crippen LogP contribution in [0.1, 0.15) is 0 Å². The number of fused-ring (bicyclic) bond motifs is 1. The fourth-order valence-electron chi connectivity index (χ4n) is 2.14. The van der Waals surface area contributed by atoms with Gasteiger partial charge in [-0.05, 0) is 18.2 Å². The number of thiazole rings is 1. The fourth-order valence-corrected chi connectivity index (χ4v) is 2.85. The minimum atomic E-state index is -0.536. The zero-order valence-electron chi connectivity index (χ0n) is 11.9. The van der Waals surface area contributed by atoms with E-state index in [0.29, 0.717) is 27.8 Å². The lowest BCUT2D eigenvalue weighted by Crippen LogP contribution is -1.98. The third-order valence-corrected chi connectivity index (χ3v) is 3.96. The van der Waals surface area contributed by atoms with Crippen LogP contribution in [0.3, 0.4) is 0 Å². The van der Waals surface area contributed by atoms with E-state index in [1.165, 1.54) is 30.1 Å². The molecule has 0 bridgehead atoms. The molecule has 0 aliphatic rings. The molecule has 1 aromatic carbocycles. The highest BCUT2D eigenvalue weighted by atomic mass is 32.1. The molecule has 0 aliphatic carbocycles. The molecule has 0 fully saturated rings. The molecule has 0 aliphatic heterocycles. The van der Waals surface area contributed by atoms with Crippen LogP contribution in [-0.2, 0) is 0 Å². The van der Waals surface area contributed by atoms with Gasteiger partial charge < -0.3 is 5.32 Å². The Kier molecular flexibility index (Phi) is 3.54. The van der Waals surface area contributed by atoms with Crippen molar-refractivity contribution in [3.8, 4) is 11.3 Å². The minimum absolute atomic E-state index is 0.103. The second kappa shape index (κ2) is 5.85. The number of benzene rings is 1. The third-order valence-electron chi connectivity index (χ3n) is 3.20. The minimum Gasteiger partial charge on any atom is -0.314 e. The Morgan fingerprint density at radius 2 is 1.88 bits per heavy atom. The Labute approximate surface area is 138 Å². The largest absolute Gasteiger partial charge is 0.314 e. The van der Waals surface area contributed by atoms with Crippen LogP contribution < -0.4 is 5.32 Å². The molecule has 0 unspecified atom stereocenters.